The van der Waals surface area contributed by atoms with Gasteiger partial charge in [-0.1, -0.05) is 60.8 Å². The van der Waals surface area contributed by atoms with E-state index in [1.54, 1.807) is 0 Å². The molecule has 0 aromatic heterocycles. The van der Waals surface area contributed by atoms with E-state index >= 15 is 0 Å². The Morgan fingerprint density at radius 3 is 1.30 bits per heavy atom. The Hall–Kier alpha value is -1.08. The lowest BCUT2D eigenvalue weighted by atomic mass is 10.2. The van der Waals surface area contributed by atoms with E-state index in [1.807, 2.05) is 18.2 Å². The van der Waals surface area contributed by atoms with Crippen molar-refractivity contribution in [2.75, 3.05) is 13.2 Å². The molecule has 0 rings (SSSR count). The van der Waals surface area contributed by atoms with Crippen LogP contribution >= 0.6 is 15.6 Å². The average Bonchev–Trinajstić information content (AvgIpc) is 2.64. The second-order valence-electron chi connectivity index (χ2n) is 6.23. The van der Waals surface area contributed by atoms with Crippen molar-refractivity contribution in [2.24, 2.45) is 0 Å². The summed E-state index contributed by atoms with van der Waals surface area (Å²) in [7, 11) is -8.68. The van der Waals surface area contributed by atoms with Crippen LogP contribution in [0.5, 0.6) is 0 Å². The second-order valence-corrected chi connectivity index (χ2v) is 8.71. The average molecular weight is 464 g/mol. The van der Waals surface area contributed by atoms with Crippen molar-refractivity contribution in [1.82, 2.24) is 0 Å². The number of hydrogen-bond donors (Lipinski definition) is 4. The number of rotatable bonds is 18. The maximum absolute atomic E-state index is 10.5. The first-order valence-corrected chi connectivity index (χ1v) is 12.9. The highest BCUT2D eigenvalue weighted by atomic mass is 31.2. The highest BCUT2D eigenvalue weighted by molar-refractivity contribution is 7.46. The molecule has 0 bridgehead atoms. The molecule has 0 aliphatic carbocycles. The zero-order valence-electron chi connectivity index (χ0n) is 17.2. The number of hydrogen-bond acceptors (Lipinski definition) is 4. The molecule has 0 unspecified atom stereocenters. The minimum absolute atomic E-state index is 0.00772. The van der Waals surface area contributed by atoms with E-state index < -0.39 is 15.6 Å². The molecule has 0 aromatic carbocycles. The van der Waals surface area contributed by atoms with Gasteiger partial charge in [0.05, 0.1) is 13.2 Å². The first-order valence-electron chi connectivity index (χ1n) is 9.86. The van der Waals surface area contributed by atoms with Crippen molar-refractivity contribution in [3.8, 4) is 0 Å². The summed E-state index contributed by atoms with van der Waals surface area (Å²) in [6.07, 6.45) is 26.5. The van der Waals surface area contributed by atoms with Crippen LogP contribution in [-0.4, -0.2) is 32.8 Å². The molecule has 10 heteroatoms. The van der Waals surface area contributed by atoms with Crippen LogP contribution < -0.4 is 0 Å². The van der Waals surface area contributed by atoms with E-state index in [-0.39, 0.29) is 13.2 Å². The van der Waals surface area contributed by atoms with Gasteiger partial charge in [0.15, 0.2) is 0 Å². The van der Waals surface area contributed by atoms with E-state index in [2.05, 4.69) is 51.6 Å². The fraction of sp³-hybridized carbons (Fsp3) is 0.500. The Kier molecular flexibility index (Phi) is 18.0. The summed E-state index contributed by atoms with van der Waals surface area (Å²) in [5.74, 6) is 0. The van der Waals surface area contributed by atoms with Crippen LogP contribution in [0.25, 0.3) is 0 Å². The van der Waals surface area contributed by atoms with Gasteiger partial charge in [0.25, 0.3) is 0 Å². The van der Waals surface area contributed by atoms with E-state index in [4.69, 9.17) is 19.6 Å². The summed E-state index contributed by atoms with van der Waals surface area (Å²) < 4.78 is 29.6. The molecule has 172 valence electrons. The molecule has 0 heterocycles. The van der Waals surface area contributed by atoms with Crippen molar-refractivity contribution in [2.45, 2.75) is 51.4 Å². The van der Waals surface area contributed by atoms with E-state index in [0.717, 1.165) is 38.5 Å². The summed E-state index contributed by atoms with van der Waals surface area (Å²) in [6, 6.07) is 0. The van der Waals surface area contributed by atoms with Crippen LogP contribution in [0.3, 0.4) is 0 Å². The lowest BCUT2D eigenvalue weighted by Gasteiger charge is -2.03. The molecular weight excluding hydrogens is 430 g/mol. The Balaban J connectivity index is 3.52. The second kappa shape index (κ2) is 18.7. The van der Waals surface area contributed by atoms with Gasteiger partial charge in [-0.15, -0.1) is 0 Å². The number of unbranched alkanes of at least 4 members (excludes halogenated alkanes) is 2. The molecular formula is C20H34O8P2. The molecule has 0 aromatic rings. The minimum Gasteiger partial charge on any atom is -0.303 e. The van der Waals surface area contributed by atoms with E-state index in [1.165, 1.54) is 0 Å². The smallest absolute Gasteiger partial charge is 0.303 e. The van der Waals surface area contributed by atoms with Crippen LogP contribution in [0.15, 0.2) is 60.8 Å². The van der Waals surface area contributed by atoms with Crippen molar-refractivity contribution >= 4 is 15.6 Å². The minimum atomic E-state index is -4.35. The van der Waals surface area contributed by atoms with Crippen LogP contribution in [-0.2, 0) is 18.2 Å². The number of phosphoric ester groups is 2. The Morgan fingerprint density at radius 1 is 0.500 bits per heavy atom. The molecule has 8 nitrogen and oxygen atoms in total. The molecule has 0 atom stereocenters. The molecule has 0 aliphatic rings. The third-order valence-corrected chi connectivity index (χ3v) is 4.53. The van der Waals surface area contributed by atoms with Gasteiger partial charge in [-0.2, -0.15) is 0 Å². The summed E-state index contributed by atoms with van der Waals surface area (Å²) in [6.45, 7) is 0.0846. The topological polar surface area (TPSA) is 134 Å². The molecule has 0 saturated carbocycles. The van der Waals surface area contributed by atoms with Crippen LogP contribution in [0.2, 0.25) is 0 Å². The van der Waals surface area contributed by atoms with Crippen molar-refractivity contribution in [3.63, 3.8) is 0 Å². The molecule has 0 spiro atoms. The van der Waals surface area contributed by atoms with Gasteiger partial charge < -0.3 is 19.6 Å². The van der Waals surface area contributed by atoms with Crippen LogP contribution in [0.4, 0.5) is 0 Å². The summed E-state index contributed by atoms with van der Waals surface area (Å²) >= 11 is 0. The van der Waals surface area contributed by atoms with Crippen molar-refractivity contribution < 1.29 is 37.8 Å². The molecule has 0 amide bonds. The van der Waals surface area contributed by atoms with Gasteiger partial charge >= 0.3 is 15.6 Å². The largest absolute Gasteiger partial charge is 0.469 e. The van der Waals surface area contributed by atoms with E-state index in [0.29, 0.717) is 12.8 Å². The Bertz CT molecular complexity index is 656. The zero-order valence-corrected chi connectivity index (χ0v) is 18.9. The van der Waals surface area contributed by atoms with Crippen LogP contribution in [0.1, 0.15) is 51.4 Å². The van der Waals surface area contributed by atoms with Crippen molar-refractivity contribution in [1.29, 1.82) is 0 Å². The predicted molar refractivity (Wildman–Crippen MR) is 119 cm³/mol. The van der Waals surface area contributed by atoms with Gasteiger partial charge in [0.1, 0.15) is 0 Å². The Labute approximate surface area is 179 Å². The molecule has 30 heavy (non-hydrogen) atoms. The molecule has 0 fully saturated rings. The van der Waals surface area contributed by atoms with Gasteiger partial charge in [0.2, 0.25) is 0 Å². The number of phosphoric acid groups is 2. The quantitative estimate of drug-likeness (QED) is 0.125. The monoisotopic (exact) mass is 464 g/mol. The summed E-state index contributed by atoms with van der Waals surface area (Å²) in [5, 5.41) is 0. The fourth-order valence-corrected chi connectivity index (χ4v) is 2.82. The van der Waals surface area contributed by atoms with Crippen LogP contribution in [0, 0.1) is 0 Å². The highest BCUT2D eigenvalue weighted by Crippen LogP contribution is 2.36. The normalized spacial score (nSPS) is 13.9. The van der Waals surface area contributed by atoms with Gasteiger partial charge in [0, 0.05) is 0 Å². The first kappa shape index (κ1) is 28.9. The maximum atomic E-state index is 10.5. The lowest BCUT2D eigenvalue weighted by molar-refractivity contribution is 0.193. The predicted octanol–water partition coefficient (Wildman–Crippen LogP) is 5.11. The molecule has 4 N–H and O–H groups in total. The molecule has 0 aliphatic heterocycles. The van der Waals surface area contributed by atoms with Gasteiger partial charge in [-0.25, -0.2) is 9.13 Å². The van der Waals surface area contributed by atoms with E-state index in [9.17, 15) is 9.13 Å². The van der Waals surface area contributed by atoms with Gasteiger partial charge in [-0.05, 0) is 51.4 Å². The first-order chi connectivity index (χ1) is 14.2. The summed E-state index contributed by atoms with van der Waals surface area (Å²) in [4.78, 5) is 34.1. The van der Waals surface area contributed by atoms with Gasteiger partial charge in [-0.3, -0.25) is 9.05 Å². The summed E-state index contributed by atoms with van der Waals surface area (Å²) in [5.41, 5.74) is 0. The Morgan fingerprint density at radius 2 is 0.867 bits per heavy atom. The zero-order chi connectivity index (χ0) is 22.6. The highest BCUT2D eigenvalue weighted by Gasteiger charge is 2.12. The standard InChI is InChI=1S/C20H34O8P2/c21-29(22,23)27-19-17-15-13-11-9-7-5-3-1-2-4-6-8-10-12-14-16-18-20-28-30(24,25)26/h1,3-4,6-7,9-10,12-13,15H,2,5,8,11,14,16-20H2,(H2,21,22,23)(H2,24,25,26)/b3-1+,6-4+,9-7+,12-10+,15-13+. The molecule has 0 saturated heterocycles. The molecule has 0 radical (unpaired) electrons. The maximum Gasteiger partial charge on any atom is 0.469 e. The third-order valence-electron chi connectivity index (χ3n) is 3.49. The lowest BCUT2D eigenvalue weighted by Crippen LogP contribution is -1.91. The number of allylic oxidation sites excluding steroid dienone is 9. The third kappa shape index (κ3) is 26.9. The fourth-order valence-electron chi connectivity index (χ4n) is 2.11. The van der Waals surface area contributed by atoms with Crippen molar-refractivity contribution in [3.05, 3.63) is 60.8 Å². The SMILES string of the molecule is O=P(O)(O)OCC/C=C/C/C=C/C/C=C/C/C=C/C/C=C/CCCCOP(=O)(O)O.